The molecule has 0 aromatic heterocycles. The third-order valence-corrected chi connectivity index (χ3v) is 3.12. The lowest BCUT2D eigenvalue weighted by atomic mass is 9.87. The number of carbonyl (C=O) groups excluding carboxylic acids is 1. The van der Waals surface area contributed by atoms with Crippen molar-refractivity contribution in [2.45, 2.75) is 46.6 Å². The molecule has 0 spiro atoms. The monoisotopic (exact) mass is 227 g/mol. The minimum absolute atomic E-state index is 0.329. The Labute approximate surface area is 97.0 Å². The maximum atomic E-state index is 11.7. The average molecular weight is 227 g/mol. The molecule has 0 saturated carbocycles. The van der Waals surface area contributed by atoms with Gasteiger partial charge in [-0.1, -0.05) is 25.9 Å². The number of hydrogen-bond acceptors (Lipinski definition) is 4. The van der Waals surface area contributed by atoms with Crippen LogP contribution < -0.4 is 0 Å². The second-order valence-electron chi connectivity index (χ2n) is 4.83. The van der Waals surface area contributed by atoms with Crippen molar-refractivity contribution in [2.24, 2.45) is 17.0 Å². The van der Waals surface area contributed by atoms with Crippen LogP contribution in [0.4, 0.5) is 0 Å². The molecule has 0 radical (unpaired) electrons. The Morgan fingerprint density at radius 3 is 2.69 bits per heavy atom. The smallest absolute Gasteiger partial charge is 0.353 e. The Bertz CT molecular complexity index is 299. The maximum Gasteiger partial charge on any atom is 0.353 e. The summed E-state index contributed by atoms with van der Waals surface area (Å²) in [5.41, 5.74) is 0.0275. The molecule has 1 aliphatic rings. The summed E-state index contributed by atoms with van der Waals surface area (Å²) >= 11 is 0. The number of oxime groups is 1. The van der Waals surface area contributed by atoms with E-state index in [1.165, 1.54) is 0 Å². The zero-order valence-corrected chi connectivity index (χ0v) is 10.7. The van der Waals surface area contributed by atoms with Gasteiger partial charge in [0.1, 0.15) is 0 Å². The predicted molar refractivity (Wildman–Crippen MR) is 62.2 cm³/mol. The number of esters is 1. The molecule has 0 aromatic rings. The van der Waals surface area contributed by atoms with E-state index in [2.05, 4.69) is 25.9 Å². The van der Waals surface area contributed by atoms with Gasteiger partial charge >= 0.3 is 5.97 Å². The van der Waals surface area contributed by atoms with Gasteiger partial charge in [-0.15, -0.1) is 0 Å². The van der Waals surface area contributed by atoms with Crippen molar-refractivity contribution in [2.75, 3.05) is 6.61 Å². The molecule has 0 amide bonds. The van der Waals surface area contributed by atoms with Crippen LogP contribution in [0.15, 0.2) is 5.16 Å². The summed E-state index contributed by atoms with van der Waals surface area (Å²) in [5, 5.41) is 4.03. The van der Waals surface area contributed by atoms with Crippen molar-refractivity contribution < 1.29 is 14.4 Å². The van der Waals surface area contributed by atoms with Crippen LogP contribution >= 0.6 is 0 Å². The molecule has 0 aliphatic carbocycles. The van der Waals surface area contributed by atoms with Gasteiger partial charge in [0.15, 0.2) is 0 Å². The number of rotatable bonds is 4. The predicted octanol–water partition coefficient (Wildman–Crippen LogP) is 2.38. The van der Waals surface area contributed by atoms with E-state index >= 15 is 0 Å². The molecule has 1 heterocycles. The quantitative estimate of drug-likeness (QED) is 0.693. The van der Waals surface area contributed by atoms with Crippen molar-refractivity contribution in [3.63, 3.8) is 0 Å². The molecule has 0 N–H and O–H groups in total. The van der Waals surface area contributed by atoms with Gasteiger partial charge in [0.05, 0.1) is 12.3 Å². The molecular formula is C12H21NO3. The van der Waals surface area contributed by atoms with E-state index in [4.69, 9.17) is 9.57 Å². The highest BCUT2D eigenvalue weighted by molar-refractivity contribution is 5.94. The van der Waals surface area contributed by atoms with E-state index < -0.39 is 5.60 Å². The lowest BCUT2D eigenvalue weighted by molar-refractivity contribution is -0.166. The Balaban J connectivity index is 2.64. The first kappa shape index (κ1) is 13.0. The largest absolute Gasteiger partial charge is 0.463 e. The minimum Gasteiger partial charge on any atom is -0.463 e. The molecule has 2 atom stereocenters. The average Bonchev–Trinajstić information content (AvgIpc) is 2.61. The number of ether oxygens (including phenoxy) is 1. The molecule has 0 saturated heterocycles. The van der Waals surface area contributed by atoms with E-state index in [0.29, 0.717) is 24.9 Å². The van der Waals surface area contributed by atoms with Gasteiger partial charge in [0.2, 0.25) is 5.60 Å². The lowest BCUT2D eigenvalue weighted by Crippen LogP contribution is -2.38. The summed E-state index contributed by atoms with van der Waals surface area (Å²) in [6.07, 6.45) is 0.533. The van der Waals surface area contributed by atoms with Crippen LogP contribution in [-0.4, -0.2) is 23.9 Å². The molecule has 4 nitrogen and oxygen atoms in total. The summed E-state index contributed by atoms with van der Waals surface area (Å²) in [7, 11) is 0. The second kappa shape index (κ2) is 4.85. The Kier molecular flexibility index (Phi) is 3.94. The number of carbonyl (C=O) groups is 1. The highest BCUT2D eigenvalue weighted by atomic mass is 16.7. The third kappa shape index (κ3) is 2.54. The fraction of sp³-hybridized carbons (Fsp3) is 0.833. The highest BCUT2D eigenvalue weighted by Gasteiger charge is 2.44. The minimum atomic E-state index is -0.922. The van der Waals surface area contributed by atoms with Crippen LogP contribution in [0.25, 0.3) is 0 Å². The van der Waals surface area contributed by atoms with Crippen LogP contribution in [0, 0.1) is 11.8 Å². The molecule has 0 bridgehead atoms. The van der Waals surface area contributed by atoms with Crippen LogP contribution in [0.2, 0.25) is 0 Å². The maximum absolute atomic E-state index is 11.7. The molecule has 0 fully saturated rings. The highest BCUT2D eigenvalue weighted by Crippen LogP contribution is 2.30. The Morgan fingerprint density at radius 2 is 2.19 bits per heavy atom. The van der Waals surface area contributed by atoms with Gasteiger partial charge in [-0.05, 0) is 19.8 Å². The van der Waals surface area contributed by atoms with Crippen molar-refractivity contribution in [3.05, 3.63) is 0 Å². The normalized spacial score (nSPS) is 26.2. The molecule has 1 rings (SSSR count). The zero-order valence-electron chi connectivity index (χ0n) is 10.7. The molecular weight excluding hydrogens is 206 g/mol. The lowest BCUT2D eigenvalue weighted by Gasteiger charge is -2.20. The SMILES string of the molecule is CCOC(=O)C1(C)CC(C(C)C(C)C)=NO1. The Hall–Kier alpha value is -1.06. The fourth-order valence-electron chi connectivity index (χ4n) is 1.59. The van der Waals surface area contributed by atoms with Crippen LogP contribution in [-0.2, 0) is 14.4 Å². The first-order chi connectivity index (χ1) is 7.40. The molecule has 92 valence electrons. The fourth-order valence-corrected chi connectivity index (χ4v) is 1.59. The van der Waals surface area contributed by atoms with Gasteiger partial charge in [0, 0.05) is 12.3 Å². The van der Waals surface area contributed by atoms with Crippen molar-refractivity contribution in [1.29, 1.82) is 0 Å². The summed E-state index contributed by atoms with van der Waals surface area (Å²) < 4.78 is 4.98. The number of hydrogen-bond donors (Lipinski definition) is 0. The molecule has 0 aromatic carbocycles. The van der Waals surface area contributed by atoms with Gasteiger partial charge in [-0.2, -0.15) is 0 Å². The van der Waals surface area contributed by atoms with E-state index in [1.807, 2.05) is 0 Å². The van der Waals surface area contributed by atoms with Crippen LogP contribution in [0.5, 0.6) is 0 Å². The molecule has 2 unspecified atom stereocenters. The van der Waals surface area contributed by atoms with Crippen LogP contribution in [0.3, 0.4) is 0 Å². The van der Waals surface area contributed by atoms with Gasteiger partial charge < -0.3 is 9.57 Å². The van der Waals surface area contributed by atoms with E-state index in [9.17, 15) is 4.79 Å². The molecule has 16 heavy (non-hydrogen) atoms. The summed E-state index contributed by atoms with van der Waals surface area (Å²) in [6, 6.07) is 0. The zero-order chi connectivity index (χ0) is 12.3. The Morgan fingerprint density at radius 1 is 1.56 bits per heavy atom. The molecule has 4 heteroatoms. The van der Waals surface area contributed by atoms with Gasteiger partial charge in [-0.25, -0.2) is 4.79 Å². The molecule has 1 aliphatic heterocycles. The third-order valence-electron chi connectivity index (χ3n) is 3.12. The van der Waals surface area contributed by atoms with Crippen molar-refractivity contribution >= 4 is 11.7 Å². The number of nitrogens with zero attached hydrogens (tertiary/aromatic N) is 1. The van der Waals surface area contributed by atoms with E-state index in [-0.39, 0.29) is 5.97 Å². The summed E-state index contributed by atoms with van der Waals surface area (Å²) in [6.45, 7) is 10.3. The summed E-state index contributed by atoms with van der Waals surface area (Å²) in [5.74, 6) is 0.493. The van der Waals surface area contributed by atoms with Crippen LogP contribution in [0.1, 0.15) is 41.0 Å². The van der Waals surface area contributed by atoms with Crippen molar-refractivity contribution in [1.82, 2.24) is 0 Å². The van der Waals surface area contributed by atoms with Gasteiger partial charge in [-0.3, -0.25) is 0 Å². The van der Waals surface area contributed by atoms with Crippen molar-refractivity contribution in [3.8, 4) is 0 Å². The second-order valence-corrected chi connectivity index (χ2v) is 4.83. The van der Waals surface area contributed by atoms with E-state index in [1.54, 1.807) is 13.8 Å². The topological polar surface area (TPSA) is 47.9 Å². The first-order valence-electron chi connectivity index (χ1n) is 5.83. The van der Waals surface area contributed by atoms with Gasteiger partial charge in [0.25, 0.3) is 0 Å². The first-order valence-corrected chi connectivity index (χ1v) is 5.83. The summed E-state index contributed by atoms with van der Waals surface area (Å²) in [4.78, 5) is 16.9. The van der Waals surface area contributed by atoms with E-state index in [0.717, 1.165) is 5.71 Å². The standard InChI is InChI=1S/C12H21NO3/c1-6-15-11(14)12(5)7-10(13-16-12)9(4)8(2)3/h8-9H,6-7H2,1-5H3.